The standard InChI is InChI=1S/C13H14N4O3/c1-3-16-10-9(11(18)15(2)13(16)20)12(19)17-7-5-4-6-8(17)14-10/h4-7,11,18H,3H2,1-2H3. The predicted octanol–water partition coefficient (Wildman–Crippen LogP) is 0.577. The van der Waals surface area contributed by atoms with Gasteiger partial charge in [-0.05, 0) is 19.1 Å². The van der Waals surface area contributed by atoms with Gasteiger partial charge in [0.1, 0.15) is 11.2 Å². The van der Waals surface area contributed by atoms with Crippen LogP contribution in [0.1, 0.15) is 18.7 Å². The number of urea groups is 1. The first-order chi connectivity index (χ1) is 9.56. The molecule has 1 aliphatic heterocycles. The first-order valence-corrected chi connectivity index (χ1v) is 6.30. The van der Waals surface area contributed by atoms with E-state index < -0.39 is 6.23 Å². The normalized spacial score (nSPS) is 18.6. The number of aliphatic hydroxyl groups is 1. The molecule has 0 aliphatic carbocycles. The fraction of sp³-hybridized carbons (Fsp3) is 0.308. The largest absolute Gasteiger partial charge is 0.369 e. The number of hydrogen-bond donors (Lipinski definition) is 1. The van der Waals surface area contributed by atoms with Gasteiger partial charge < -0.3 is 5.11 Å². The van der Waals surface area contributed by atoms with Crippen molar-refractivity contribution in [2.24, 2.45) is 0 Å². The average molecular weight is 274 g/mol. The summed E-state index contributed by atoms with van der Waals surface area (Å²) in [5, 5.41) is 10.2. The molecule has 0 radical (unpaired) electrons. The molecule has 20 heavy (non-hydrogen) atoms. The lowest BCUT2D eigenvalue weighted by molar-refractivity contribution is 0.0420. The van der Waals surface area contributed by atoms with E-state index in [0.717, 1.165) is 4.90 Å². The van der Waals surface area contributed by atoms with Crippen molar-refractivity contribution in [3.8, 4) is 0 Å². The Balaban J connectivity index is 2.40. The number of anilines is 1. The van der Waals surface area contributed by atoms with Crippen molar-refractivity contribution < 1.29 is 9.90 Å². The minimum atomic E-state index is -1.28. The molecule has 0 bridgehead atoms. The summed E-state index contributed by atoms with van der Waals surface area (Å²) in [5.41, 5.74) is 0.202. The van der Waals surface area contributed by atoms with E-state index >= 15 is 0 Å². The van der Waals surface area contributed by atoms with Gasteiger partial charge in [-0.1, -0.05) is 6.07 Å². The fourth-order valence-corrected chi connectivity index (χ4v) is 2.39. The van der Waals surface area contributed by atoms with Crippen molar-refractivity contribution in [2.75, 3.05) is 18.5 Å². The summed E-state index contributed by atoms with van der Waals surface area (Å²) in [6, 6.07) is 4.78. The molecular weight excluding hydrogens is 260 g/mol. The number of aliphatic hydroxyl groups excluding tert-OH is 1. The predicted molar refractivity (Wildman–Crippen MR) is 72.6 cm³/mol. The Bertz CT molecular complexity index is 755. The molecule has 0 saturated carbocycles. The molecule has 0 saturated heterocycles. The van der Waals surface area contributed by atoms with E-state index in [-0.39, 0.29) is 23.0 Å². The molecule has 7 nitrogen and oxygen atoms in total. The Hall–Kier alpha value is -2.41. The molecule has 7 heteroatoms. The van der Waals surface area contributed by atoms with E-state index in [9.17, 15) is 14.7 Å². The molecule has 2 amide bonds. The Kier molecular flexibility index (Phi) is 2.72. The number of aromatic nitrogens is 2. The molecule has 1 atom stereocenters. The van der Waals surface area contributed by atoms with Crippen LogP contribution in [0.2, 0.25) is 0 Å². The van der Waals surface area contributed by atoms with Gasteiger partial charge in [0.25, 0.3) is 5.56 Å². The van der Waals surface area contributed by atoms with Crippen molar-refractivity contribution in [1.29, 1.82) is 0 Å². The van der Waals surface area contributed by atoms with Gasteiger partial charge in [0.05, 0.1) is 0 Å². The molecule has 0 fully saturated rings. The highest BCUT2D eigenvalue weighted by Gasteiger charge is 2.37. The van der Waals surface area contributed by atoms with Crippen LogP contribution in [0.25, 0.3) is 5.65 Å². The van der Waals surface area contributed by atoms with Crippen LogP contribution in [0.15, 0.2) is 29.2 Å². The van der Waals surface area contributed by atoms with Gasteiger partial charge >= 0.3 is 6.03 Å². The fourth-order valence-electron chi connectivity index (χ4n) is 2.39. The SMILES string of the molecule is CCN1C(=O)N(C)C(O)c2c1nc1ccccn1c2=O. The van der Waals surface area contributed by atoms with E-state index in [0.29, 0.717) is 12.2 Å². The van der Waals surface area contributed by atoms with Crippen LogP contribution in [-0.4, -0.2) is 39.0 Å². The topological polar surface area (TPSA) is 78.2 Å². The summed E-state index contributed by atoms with van der Waals surface area (Å²) in [6.45, 7) is 2.17. The zero-order valence-corrected chi connectivity index (χ0v) is 11.1. The van der Waals surface area contributed by atoms with Crippen LogP contribution >= 0.6 is 0 Å². The Labute approximate surface area is 114 Å². The smallest absolute Gasteiger partial charge is 0.327 e. The number of nitrogens with zero attached hydrogens (tertiary/aromatic N) is 4. The number of pyridine rings is 1. The summed E-state index contributed by atoms with van der Waals surface area (Å²) >= 11 is 0. The highest BCUT2D eigenvalue weighted by molar-refractivity contribution is 5.94. The lowest BCUT2D eigenvalue weighted by atomic mass is 10.2. The van der Waals surface area contributed by atoms with Crippen LogP contribution < -0.4 is 10.5 Å². The third-order valence-electron chi connectivity index (χ3n) is 3.48. The molecule has 1 N–H and O–H groups in total. The monoisotopic (exact) mass is 274 g/mol. The van der Waals surface area contributed by atoms with Gasteiger partial charge in [0, 0.05) is 19.8 Å². The molecule has 2 aromatic rings. The van der Waals surface area contributed by atoms with Crippen LogP contribution in [0.5, 0.6) is 0 Å². The minimum Gasteiger partial charge on any atom is -0.369 e. The average Bonchev–Trinajstić information content (AvgIpc) is 2.45. The molecule has 104 valence electrons. The van der Waals surface area contributed by atoms with Gasteiger partial charge in [0.15, 0.2) is 12.0 Å². The van der Waals surface area contributed by atoms with E-state index in [1.807, 2.05) is 0 Å². The Morgan fingerprint density at radius 1 is 1.35 bits per heavy atom. The number of carbonyl (C=O) groups is 1. The first kappa shape index (κ1) is 12.6. The maximum absolute atomic E-state index is 12.5. The zero-order valence-electron chi connectivity index (χ0n) is 11.1. The van der Waals surface area contributed by atoms with Gasteiger partial charge in [-0.3, -0.25) is 19.0 Å². The molecule has 1 unspecified atom stereocenters. The zero-order chi connectivity index (χ0) is 14.4. The van der Waals surface area contributed by atoms with Crippen LogP contribution in [0.4, 0.5) is 10.6 Å². The number of amides is 2. The van der Waals surface area contributed by atoms with Gasteiger partial charge in [-0.2, -0.15) is 0 Å². The van der Waals surface area contributed by atoms with Crippen molar-refractivity contribution in [1.82, 2.24) is 14.3 Å². The molecule has 1 aliphatic rings. The molecule has 0 spiro atoms. The molecule has 2 aromatic heterocycles. The quantitative estimate of drug-likeness (QED) is 0.825. The maximum Gasteiger partial charge on any atom is 0.327 e. The third-order valence-corrected chi connectivity index (χ3v) is 3.48. The second kappa shape index (κ2) is 4.31. The van der Waals surface area contributed by atoms with Crippen LogP contribution in [-0.2, 0) is 0 Å². The summed E-state index contributed by atoms with van der Waals surface area (Å²) in [5.74, 6) is 0.235. The van der Waals surface area contributed by atoms with Gasteiger partial charge in [0.2, 0.25) is 0 Å². The van der Waals surface area contributed by atoms with E-state index in [2.05, 4.69) is 4.98 Å². The molecule has 0 aromatic carbocycles. The van der Waals surface area contributed by atoms with Gasteiger partial charge in [-0.25, -0.2) is 9.78 Å². The lowest BCUT2D eigenvalue weighted by Crippen LogP contribution is -2.50. The number of fused-ring (bicyclic) bond motifs is 2. The summed E-state index contributed by atoms with van der Waals surface area (Å²) in [4.78, 5) is 31.5. The Morgan fingerprint density at radius 2 is 2.10 bits per heavy atom. The van der Waals surface area contributed by atoms with Crippen molar-refractivity contribution in [2.45, 2.75) is 13.2 Å². The summed E-state index contributed by atoms with van der Waals surface area (Å²) in [7, 11) is 1.46. The van der Waals surface area contributed by atoms with Crippen LogP contribution in [0, 0.1) is 0 Å². The first-order valence-electron chi connectivity index (χ1n) is 6.30. The minimum absolute atomic E-state index is 0.123. The number of hydrogen-bond acceptors (Lipinski definition) is 4. The highest BCUT2D eigenvalue weighted by Crippen LogP contribution is 2.30. The van der Waals surface area contributed by atoms with E-state index in [1.165, 1.54) is 16.3 Å². The molecule has 3 heterocycles. The van der Waals surface area contributed by atoms with E-state index in [4.69, 9.17) is 0 Å². The molecule has 3 rings (SSSR count). The third kappa shape index (κ3) is 1.53. The summed E-state index contributed by atoms with van der Waals surface area (Å²) < 4.78 is 1.36. The van der Waals surface area contributed by atoms with Gasteiger partial charge in [-0.15, -0.1) is 0 Å². The van der Waals surface area contributed by atoms with Crippen molar-refractivity contribution >= 4 is 17.5 Å². The number of rotatable bonds is 1. The van der Waals surface area contributed by atoms with E-state index in [1.54, 1.807) is 31.3 Å². The van der Waals surface area contributed by atoms with Crippen molar-refractivity contribution in [3.05, 3.63) is 40.3 Å². The second-order valence-electron chi connectivity index (χ2n) is 4.59. The van der Waals surface area contributed by atoms with Crippen LogP contribution in [0.3, 0.4) is 0 Å². The second-order valence-corrected chi connectivity index (χ2v) is 4.59. The van der Waals surface area contributed by atoms with Crippen molar-refractivity contribution in [3.63, 3.8) is 0 Å². The number of carbonyl (C=O) groups excluding carboxylic acids is 1. The lowest BCUT2D eigenvalue weighted by Gasteiger charge is -2.36. The molecular formula is C13H14N4O3. The highest BCUT2D eigenvalue weighted by atomic mass is 16.3. The summed E-state index contributed by atoms with van der Waals surface area (Å²) in [6.07, 6.45) is 0.307. The maximum atomic E-state index is 12.5. The Morgan fingerprint density at radius 3 is 2.80 bits per heavy atom.